The topological polar surface area (TPSA) is 66.4 Å². The van der Waals surface area contributed by atoms with Crippen molar-refractivity contribution >= 4 is 67.7 Å². The van der Waals surface area contributed by atoms with Crippen molar-refractivity contribution in [2.24, 2.45) is 0 Å². The summed E-state index contributed by atoms with van der Waals surface area (Å²) < 4.78 is 1.31. The minimum absolute atomic E-state index is 0.0420. The highest BCUT2D eigenvalue weighted by molar-refractivity contribution is 14.1. The first-order chi connectivity index (χ1) is 9.88. The average molecular weight is 480 g/mol. The molecule has 7 heteroatoms. The number of hydrogen-bond donors (Lipinski definition) is 2. The van der Waals surface area contributed by atoms with Crippen LogP contribution in [0.5, 0.6) is 0 Å². The molecule has 2 N–H and O–H groups in total. The van der Waals surface area contributed by atoms with Crippen LogP contribution in [0.25, 0.3) is 0 Å². The molecule has 0 aromatic heterocycles. The van der Waals surface area contributed by atoms with E-state index in [1.54, 1.807) is 30.3 Å². The molecule has 0 heterocycles. The van der Waals surface area contributed by atoms with Crippen LogP contribution in [0.2, 0.25) is 5.02 Å². The fourth-order valence-electron chi connectivity index (χ4n) is 1.67. The fraction of sp³-hybridized carbons (Fsp3) is 0. The van der Waals surface area contributed by atoms with Crippen molar-refractivity contribution in [3.05, 3.63) is 60.6 Å². The summed E-state index contributed by atoms with van der Waals surface area (Å²) in [6.07, 6.45) is 0. The van der Waals surface area contributed by atoms with Crippen LogP contribution in [-0.2, 0) is 0 Å². The van der Waals surface area contributed by atoms with E-state index < -0.39 is 11.9 Å². The van der Waals surface area contributed by atoms with Gasteiger partial charge in [0.05, 0.1) is 16.8 Å². The van der Waals surface area contributed by atoms with E-state index in [1.165, 1.54) is 6.07 Å². The predicted octanol–water partition coefficient (Wildman–Crippen LogP) is 4.66. The molecule has 0 unspecified atom stereocenters. The number of benzene rings is 2. The number of carbonyl (C=O) groups excluding carboxylic acids is 1. The highest BCUT2D eigenvalue weighted by atomic mass is 127. The number of carboxylic acid groups (broad SMARTS) is 1. The van der Waals surface area contributed by atoms with E-state index in [2.05, 4.69) is 21.2 Å². The molecule has 0 atom stereocenters. The number of anilines is 1. The zero-order chi connectivity index (χ0) is 15.6. The maximum Gasteiger partial charge on any atom is 0.337 e. The SMILES string of the molecule is O=C(Nc1ccc(I)cc1C(=O)O)c1ccc(Cl)cc1Br. The first-order valence-electron chi connectivity index (χ1n) is 5.67. The number of carbonyl (C=O) groups is 2. The molecular weight excluding hydrogens is 472 g/mol. The highest BCUT2D eigenvalue weighted by Crippen LogP contribution is 2.24. The molecule has 0 aliphatic rings. The lowest BCUT2D eigenvalue weighted by Gasteiger charge is -2.10. The number of halogens is 3. The van der Waals surface area contributed by atoms with Gasteiger partial charge in [-0.1, -0.05) is 11.6 Å². The smallest absolute Gasteiger partial charge is 0.337 e. The second-order valence-electron chi connectivity index (χ2n) is 4.07. The standard InChI is InChI=1S/C14H8BrClINO3/c15-11-5-7(16)1-3-9(11)13(19)18-12-4-2-8(17)6-10(12)14(20)21/h1-6H,(H,18,19)(H,20,21). The number of nitrogens with one attached hydrogen (secondary N) is 1. The summed E-state index contributed by atoms with van der Waals surface area (Å²) >= 11 is 11.1. The van der Waals surface area contributed by atoms with E-state index in [0.29, 0.717) is 15.1 Å². The largest absolute Gasteiger partial charge is 0.478 e. The summed E-state index contributed by atoms with van der Waals surface area (Å²) in [5.74, 6) is -1.51. The van der Waals surface area contributed by atoms with Crippen LogP contribution in [0.4, 0.5) is 5.69 Å². The molecule has 0 saturated carbocycles. The summed E-state index contributed by atoms with van der Waals surface area (Å²) in [5.41, 5.74) is 0.657. The molecule has 0 spiro atoms. The van der Waals surface area contributed by atoms with Gasteiger partial charge in [-0.2, -0.15) is 0 Å². The molecule has 4 nitrogen and oxygen atoms in total. The zero-order valence-electron chi connectivity index (χ0n) is 10.4. The van der Waals surface area contributed by atoms with Crippen molar-refractivity contribution in [1.29, 1.82) is 0 Å². The average Bonchev–Trinajstić information content (AvgIpc) is 2.40. The van der Waals surface area contributed by atoms with Crippen LogP contribution in [0.1, 0.15) is 20.7 Å². The van der Waals surface area contributed by atoms with Crippen LogP contribution >= 0.6 is 50.1 Å². The predicted molar refractivity (Wildman–Crippen MR) is 93.2 cm³/mol. The Morgan fingerprint density at radius 3 is 2.48 bits per heavy atom. The molecule has 2 aromatic rings. The second kappa shape index (κ2) is 6.76. The molecular formula is C14H8BrClINO3. The van der Waals surface area contributed by atoms with E-state index in [-0.39, 0.29) is 11.3 Å². The number of rotatable bonds is 3. The molecule has 108 valence electrons. The van der Waals surface area contributed by atoms with Crippen LogP contribution < -0.4 is 5.32 Å². The molecule has 0 saturated heterocycles. The van der Waals surface area contributed by atoms with Gasteiger partial charge in [-0.05, 0) is 74.9 Å². The minimum atomic E-state index is -1.10. The molecule has 0 bridgehead atoms. The van der Waals surface area contributed by atoms with E-state index >= 15 is 0 Å². The molecule has 2 aromatic carbocycles. The first-order valence-corrected chi connectivity index (χ1v) is 7.92. The third kappa shape index (κ3) is 3.96. The van der Waals surface area contributed by atoms with Gasteiger partial charge in [-0.25, -0.2) is 4.79 Å². The van der Waals surface area contributed by atoms with Crippen LogP contribution in [0, 0.1) is 3.57 Å². The van der Waals surface area contributed by atoms with Gasteiger partial charge >= 0.3 is 5.97 Å². The summed E-state index contributed by atoms with van der Waals surface area (Å²) in [7, 11) is 0. The van der Waals surface area contributed by atoms with Gasteiger partial charge in [0.25, 0.3) is 5.91 Å². The molecule has 0 aliphatic carbocycles. The Kier molecular flexibility index (Phi) is 5.23. The molecule has 2 rings (SSSR count). The monoisotopic (exact) mass is 479 g/mol. The van der Waals surface area contributed by atoms with Crippen molar-refractivity contribution in [3.8, 4) is 0 Å². The normalized spacial score (nSPS) is 10.2. The number of carboxylic acids is 1. The van der Waals surface area contributed by atoms with Crippen molar-refractivity contribution in [1.82, 2.24) is 0 Å². The van der Waals surface area contributed by atoms with Gasteiger partial charge in [-0.3, -0.25) is 4.79 Å². The van der Waals surface area contributed by atoms with Crippen molar-refractivity contribution < 1.29 is 14.7 Å². The minimum Gasteiger partial charge on any atom is -0.478 e. The third-order valence-corrected chi connectivity index (χ3v) is 4.20. The molecule has 0 aliphatic heterocycles. The van der Waals surface area contributed by atoms with E-state index in [9.17, 15) is 14.7 Å². The highest BCUT2D eigenvalue weighted by Gasteiger charge is 2.15. The summed E-state index contributed by atoms with van der Waals surface area (Å²) in [4.78, 5) is 23.4. The Balaban J connectivity index is 2.34. The summed E-state index contributed by atoms with van der Waals surface area (Å²) in [5, 5.41) is 12.3. The lowest BCUT2D eigenvalue weighted by atomic mass is 10.1. The fourth-order valence-corrected chi connectivity index (χ4v) is 3.02. The summed E-state index contributed by atoms with van der Waals surface area (Å²) in [6.45, 7) is 0. The molecule has 0 fully saturated rings. The maximum atomic E-state index is 12.2. The van der Waals surface area contributed by atoms with Crippen LogP contribution in [0.15, 0.2) is 40.9 Å². The molecule has 0 radical (unpaired) electrons. The lowest BCUT2D eigenvalue weighted by molar-refractivity contribution is 0.0698. The van der Waals surface area contributed by atoms with Gasteiger partial charge in [-0.15, -0.1) is 0 Å². The first kappa shape index (κ1) is 16.3. The van der Waals surface area contributed by atoms with Crippen molar-refractivity contribution in [3.63, 3.8) is 0 Å². The molecule has 21 heavy (non-hydrogen) atoms. The van der Waals surface area contributed by atoms with Crippen LogP contribution in [0.3, 0.4) is 0 Å². The van der Waals surface area contributed by atoms with Gasteiger partial charge in [0.15, 0.2) is 0 Å². The quantitative estimate of drug-likeness (QED) is 0.629. The third-order valence-electron chi connectivity index (χ3n) is 2.64. The Morgan fingerprint density at radius 1 is 1.14 bits per heavy atom. The van der Waals surface area contributed by atoms with Gasteiger partial charge in [0.1, 0.15) is 0 Å². The van der Waals surface area contributed by atoms with E-state index in [0.717, 1.165) is 3.57 Å². The molecule has 1 amide bonds. The second-order valence-corrected chi connectivity index (χ2v) is 6.61. The van der Waals surface area contributed by atoms with Gasteiger partial charge in [0.2, 0.25) is 0 Å². The van der Waals surface area contributed by atoms with E-state index in [4.69, 9.17) is 11.6 Å². The van der Waals surface area contributed by atoms with Crippen molar-refractivity contribution in [2.75, 3.05) is 5.32 Å². The lowest BCUT2D eigenvalue weighted by Crippen LogP contribution is -2.15. The number of hydrogen-bond acceptors (Lipinski definition) is 2. The van der Waals surface area contributed by atoms with E-state index in [1.807, 2.05) is 22.6 Å². The Hall–Kier alpha value is -1.12. The summed E-state index contributed by atoms with van der Waals surface area (Å²) in [6, 6.07) is 9.53. The van der Waals surface area contributed by atoms with Crippen LogP contribution in [-0.4, -0.2) is 17.0 Å². The Morgan fingerprint density at radius 2 is 1.86 bits per heavy atom. The Labute approximate surface area is 147 Å². The number of aromatic carboxylic acids is 1. The van der Waals surface area contributed by atoms with Gasteiger partial charge in [0, 0.05) is 13.1 Å². The van der Waals surface area contributed by atoms with Gasteiger partial charge < -0.3 is 10.4 Å². The Bertz CT molecular complexity index is 736. The van der Waals surface area contributed by atoms with Crippen molar-refractivity contribution in [2.45, 2.75) is 0 Å². The number of amides is 1. The zero-order valence-corrected chi connectivity index (χ0v) is 14.9. The maximum absolute atomic E-state index is 12.2.